The van der Waals surface area contributed by atoms with E-state index >= 15 is 0 Å². The summed E-state index contributed by atoms with van der Waals surface area (Å²) in [4.78, 5) is 8.22. The van der Waals surface area contributed by atoms with Crippen molar-refractivity contribution < 1.29 is 4.74 Å². The van der Waals surface area contributed by atoms with Gasteiger partial charge in [-0.05, 0) is 6.42 Å². The lowest BCUT2D eigenvalue weighted by Gasteiger charge is -2.05. The average Bonchev–Trinajstić information content (AvgIpc) is 2.14. The van der Waals surface area contributed by atoms with E-state index in [4.69, 9.17) is 10.5 Å². The summed E-state index contributed by atoms with van der Waals surface area (Å²) in [5.74, 6) is 1.77. The van der Waals surface area contributed by atoms with Crippen LogP contribution in [-0.2, 0) is 6.42 Å². The molecule has 0 spiro atoms. The highest BCUT2D eigenvalue weighted by Gasteiger charge is 2.00. The van der Waals surface area contributed by atoms with Crippen LogP contribution in [0.25, 0.3) is 0 Å². The maximum atomic E-state index is 5.58. The second kappa shape index (κ2) is 4.64. The van der Waals surface area contributed by atoms with Crippen LogP contribution in [-0.4, -0.2) is 16.6 Å². The van der Waals surface area contributed by atoms with E-state index in [0.29, 0.717) is 18.3 Å². The zero-order chi connectivity index (χ0) is 9.68. The van der Waals surface area contributed by atoms with Crippen molar-refractivity contribution in [3.63, 3.8) is 0 Å². The Bertz CT molecular complexity index is 276. The summed E-state index contributed by atoms with van der Waals surface area (Å²) >= 11 is 0. The Kier molecular flexibility index (Phi) is 3.49. The fourth-order valence-corrected chi connectivity index (χ4v) is 0.931. The number of nitrogens with zero attached hydrogens (tertiary/aromatic N) is 2. The molecule has 0 saturated carbocycles. The molecule has 0 bridgehead atoms. The molecule has 0 aromatic carbocycles. The number of nitrogens with two attached hydrogens (primary N) is 1. The summed E-state index contributed by atoms with van der Waals surface area (Å²) in [6, 6.07) is 1.65. The smallest absolute Gasteiger partial charge is 0.218 e. The third kappa shape index (κ3) is 2.89. The molecule has 0 fully saturated rings. The number of anilines is 1. The largest absolute Gasteiger partial charge is 0.478 e. The van der Waals surface area contributed by atoms with Gasteiger partial charge in [0.2, 0.25) is 5.88 Å². The fraction of sp³-hybridized carbons (Fsp3) is 0.556. The summed E-state index contributed by atoms with van der Waals surface area (Å²) in [7, 11) is 0. The van der Waals surface area contributed by atoms with Crippen LogP contribution < -0.4 is 10.5 Å². The molecular weight excluding hydrogens is 166 g/mol. The highest BCUT2D eigenvalue weighted by molar-refractivity contribution is 5.32. The number of ether oxygens (including phenoxy) is 1. The molecule has 0 aliphatic rings. The molecule has 0 aliphatic carbocycles. The van der Waals surface area contributed by atoms with Gasteiger partial charge < -0.3 is 10.5 Å². The monoisotopic (exact) mass is 181 g/mol. The Morgan fingerprint density at radius 2 is 2.15 bits per heavy atom. The van der Waals surface area contributed by atoms with E-state index in [0.717, 1.165) is 18.7 Å². The molecule has 0 amide bonds. The highest BCUT2D eigenvalue weighted by atomic mass is 16.5. The number of aryl methyl sites for hydroxylation is 1. The Hall–Kier alpha value is -1.32. The lowest BCUT2D eigenvalue weighted by atomic mass is 10.4. The zero-order valence-electron chi connectivity index (χ0n) is 8.08. The first kappa shape index (κ1) is 9.77. The van der Waals surface area contributed by atoms with Crippen LogP contribution in [0.1, 0.15) is 26.1 Å². The quantitative estimate of drug-likeness (QED) is 0.762. The number of aromatic nitrogens is 2. The second-order valence-corrected chi connectivity index (χ2v) is 2.75. The maximum absolute atomic E-state index is 5.58. The van der Waals surface area contributed by atoms with Gasteiger partial charge in [-0.2, -0.15) is 4.98 Å². The van der Waals surface area contributed by atoms with E-state index in [9.17, 15) is 0 Å². The van der Waals surface area contributed by atoms with E-state index in [2.05, 4.69) is 9.97 Å². The normalized spacial score (nSPS) is 10.0. The van der Waals surface area contributed by atoms with E-state index in [-0.39, 0.29) is 0 Å². The van der Waals surface area contributed by atoms with Gasteiger partial charge in [-0.1, -0.05) is 13.8 Å². The van der Waals surface area contributed by atoms with Crippen molar-refractivity contribution in [3.05, 3.63) is 11.9 Å². The van der Waals surface area contributed by atoms with Gasteiger partial charge in [0.1, 0.15) is 11.6 Å². The molecule has 0 unspecified atom stereocenters. The Morgan fingerprint density at radius 1 is 1.38 bits per heavy atom. The number of hydrogen-bond donors (Lipinski definition) is 1. The summed E-state index contributed by atoms with van der Waals surface area (Å²) < 4.78 is 5.35. The van der Waals surface area contributed by atoms with Crippen LogP contribution in [0.5, 0.6) is 5.88 Å². The highest BCUT2D eigenvalue weighted by Crippen LogP contribution is 2.11. The first-order valence-corrected chi connectivity index (χ1v) is 4.52. The van der Waals surface area contributed by atoms with Crippen LogP contribution in [0.2, 0.25) is 0 Å². The third-order valence-electron chi connectivity index (χ3n) is 1.54. The minimum Gasteiger partial charge on any atom is -0.478 e. The van der Waals surface area contributed by atoms with Gasteiger partial charge in [-0.25, -0.2) is 4.98 Å². The number of hydrogen-bond acceptors (Lipinski definition) is 4. The van der Waals surface area contributed by atoms with E-state index in [1.807, 2.05) is 13.8 Å². The molecule has 2 N–H and O–H groups in total. The van der Waals surface area contributed by atoms with Crippen molar-refractivity contribution in [1.29, 1.82) is 0 Å². The predicted molar refractivity (Wildman–Crippen MR) is 51.6 cm³/mol. The molecule has 0 atom stereocenters. The van der Waals surface area contributed by atoms with Crippen molar-refractivity contribution in [2.24, 2.45) is 0 Å². The molecule has 1 heterocycles. The Morgan fingerprint density at radius 3 is 2.77 bits per heavy atom. The molecule has 0 aliphatic heterocycles. The van der Waals surface area contributed by atoms with Gasteiger partial charge in [0.25, 0.3) is 0 Å². The molecular formula is C9H15N3O. The topological polar surface area (TPSA) is 61.0 Å². The van der Waals surface area contributed by atoms with Gasteiger partial charge in [0.05, 0.1) is 6.61 Å². The van der Waals surface area contributed by atoms with Crippen LogP contribution >= 0.6 is 0 Å². The lowest BCUT2D eigenvalue weighted by Crippen LogP contribution is -2.03. The molecule has 1 aromatic rings. The molecule has 1 rings (SSSR count). The van der Waals surface area contributed by atoms with E-state index in [1.165, 1.54) is 0 Å². The molecule has 4 heteroatoms. The van der Waals surface area contributed by atoms with Crippen LogP contribution in [0.15, 0.2) is 6.07 Å². The number of nitrogen functional groups attached to an aromatic ring is 1. The number of rotatable bonds is 4. The summed E-state index contributed by atoms with van der Waals surface area (Å²) in [5.41, 5.74) is 5.58. The van der Waals surface area contributed by atoms with Gasteiger partial charge in [0, 0.05) is 12.5 Å². The first-order valence-electron chi connectivity index (χ1n) is 4.52. The van der Waals surface area contributed by atoms with E-state index in [1.54, 1.807) is 6.07 Å². The lowest BCUT2D eigenvalue weighted by molar-refractivity contribution is 0.304. The Labute approximate surface area is 78.1 Å². The summed E-state index contributed by atoms with van der Waals surface area (Å²) in [6.45, 7) is 4.70. The summed E-state index contributed by atoms with van der Waals surface area (Å²) in [6.07, 6.45) is 1.74. The van der Waals surface area contributed by atoms with E-state index < -0.39 is 0 Å². The van der Waals surface area contributed by atoms with Gasteiger partial charge in [0.15, 0.2) is 0 Å². The average molecular weight is 181 g/mol. The molecule has 4 nitrogen and oxygen atoms in total. The summed E-state index contributed by atoms with van der Waals surface area (Å²) in [5, 5.41) is 0. The van der Waals surface area contributed by atoms with Crippen LogP contribution in [0.3, 0.4) is 0 Å². The fourth-order valence-electron chi connectivity index (χ4n) is 0.931. The first-order chi connectivity index (χ1) is 6.26. The van der Waals surface area contributed by atoms with Crippen molar-refractivity contribution in [3.8, 4) is 5.88 Å². The van der Waals surface area contributed by atoms with Crippen molar-refractivity contribution in [1.82, 2.24) is 9.97 Å². The second-order valence-electron chi connectivity index (χ2n) is 2.75. The SMILES string of the molecule is CCCOc1cc(N)nc(CC)n1. The van der Waals surface area contributed by atoms with Gasteiger partial charge >= 0.3 is 0 Å². The Balaban J connectivity index is 2.76. The molecule has 1 aromatic heterocycles. The van der Waals surface area contributed by atoms with Crippen molar-refractivity contribution in [2.45, 2.75) is 26.7 Å². The van der Waals surface area contributed by atoms with Crippen LogP contribution in [0, 0.1) is 0 Å². The third-order valence-corrected chi connectivity index (χ3v) is 1.54. The minimum absolute atomic E-state index is 0.470. The predicted octanol–water partition coefficient (Wildman–Crippen LogP) is 1.41. The molecule has 0 radical (unpaired) electrons. The van der Waals surface area contributed by atoms with Crippen molar-refractivity contribution in [2.75, 3.05) is 12.3 Å². The standard InChI is InChI=1S/C9H15N3O/c1-3-5-13-9-6-7(10)11-8(4-2)12-9/h6H,3-5H2,1-2H3,(H2,10,11,12). The zero-order valence-corrected chi connectivity index (χ0v) is 8.08. The van der Waals surface area contributed by atoms with Gasteiger partial charge in [-0.3, -0.25) is 0 Å². The maximum Gasteiger partial charge on any atom is 0.218 e. The molecule has 13 heavy (non-hydrogen) atoms. The van der Waals surface area contributed by atoms with Gasteiger partial charge in [-0.15, -0.1) is 0 Å². The molecule has 72 valence electrons. The molecule has 0 saturated heterocycles. The van der Waals surface area contributed by atoms with Crippen molar-refractivity contribution >= 4 is 5.82 Å². The van der Waals surface area contributed by atoms with Crippen LogP contribution in [0.4, 0.5) is 5.82 Å². The minimum atomic E-state index is 0.470.